The molecule has 0 bridgehead atoms. The van der Waals surface area contributed by atoms with Crippen LogP contribution in [0.5, 0.6) is 11.5 Å². The van der Waals surface area contributed by atoms with Crippen molar-refractivity contribution in [3.05, 3.63) is 123 Å². The Morgan fingerprint density at radius 1 is 0.447 bits per heavy atom. The number of fused-ring (bicyclic) bond motifs is 2. The maximum absolute atomic E-state index is 5.80. The Labute approximate surface area is 223 Å². The molecule has 4 heteroatoms. The third-order valence-electron chi connectivity index (χ3n) is 6.39. The molecule has 0 aliphatic carbocycles. The number of hydrogen-bond donors (Lipinski definition) is 0. The molecule has 0 heterocycles. The van der Waals surface area contributed by atoms with Crippen molar-refractivity contribution in [3.63, 3.8) is 0 Å². The summed E-state index contributed by atoms with van der Waals surface area (Å²) >= 11 is 0. The zero-order valence-electron chi connectivity index (χ0n) is 21.3. The van der Waals surface area contributed by atoms with Crippen LogP contribution in [0.15, 0.2) is 123 Å². The van der Waals surface area contributed by atoms with Crippen molar-refractivity contribution >= 4 is 21.5 Å². The first-order valence-electron chi connectivity index (χ1n) is 12.6. The molecule has 0 atom stereocenters. The molecular weight excluding hydrogens is 472 g/mol. The second-order valence-electron chi connectivity index (χ2n) is 8.66. The zero-order valence-corrected chi connectivity index (χ0v) is 21.3. The largest absolute Gasteiger partial charge is 0.498 e. The summed E-state index contributed by atoms with van der Waals surface area (Å²) in [6.45, 7) is 8.99. The van der Waals surface area contributed by atoms with E-state index in [0.29, 0.717) is 26.4 Å². The van der Waals surface area contributed by atoms with Gasteiger partial charge in [0.1, 0.15) is 37.9 Å². The lowest BCUT2D eigenvalue weighted by Crippen LogP contribution is -2.03. The third kappa shape index (κ3) is 5.35. The number of rotatable bonds is 12. The van der Waals surface area contributed by atoms with Gasteiger partial charge in [0.2, 0.25) is 0 Å². The van der Waals surface area contributed by atoms with E-state index in [4.69, 9.17) is 18.9 Å². The Morgan fingerprint density at radius 3 is 1.11 bits per heavy atom. The lowest BCUT2D eigenvalue weighted by molar-refractivity contribution is 0.179. The minimum absolute atomic E-state index is 0.471. The van der Waals surface area contributed by atoms with Crippen LogP contribution < -0.4 is 9.47 Å². The maximum atomic E-state index is 5.80. The van der Waals surface area contributed by atoms with E-state index in [9.17, 15) is 0 Å². The van der Waals surface area contributed by atoms with Crippen LogP contribution in [0, 0.1) is 0 Å². The van der Waals surface area contributed by atoms with Gasteiger partial charge in [-0.2, -0.15) is 0 Å². The molecule has 190 valence electrons. The topological polar surface area (TPSA) is 36.9 Å². The average molecular weight is 503 g/mol. The highest BCUT2D eigenvalue weighted by molar-refractivity contribution is 6.21. The summed E-state index contributed by atoms with van der Waals surface area (Å²) in [5.74, 6) is 1.62. The van der Waals surface area contributed by atoms with Gasteiger partial charge in [0.05, 0.1) is 12.5 Å². The fourth-order valence-corrected chi connectivity index (χ4v) is 4.77. The van der Waals surface area contributed by atoms with E-state index in [1.54, 1.807) is 0 Å². The first kappa shape index (κ1) is 25.0. The normalized spacial score (nSPS) is 10.7. The Hall–Kier alpha value is -4.70. The third-order valence-corrected chi connectivity index (χ3v) is 6.39. The van der Waals surface area contributed by atoms with Gasteiger partial charge in [0, 0.05) is 0 Å². The summed E-state index contributed by atoms with van der Waals surface area (Å²) in [6, 6.07) is 33.8. The fourth-order valence-electron chi connectivity index (χ4n) is 4.77. The van der Waals surface area contributed by atoms with Crippen LogP contribution in [0.4, 0.5) is 0 Å². The monoisotopic (exact) mass is 502 g/mol. The van der Waals surface area contributed by atoms with Gasteiger partial charge in [-0.05, 0) is 68.1 Å². The van der Waals surface area contributed by atoms with E-state index in [1.807, 2.05) is 24.3 Å². The van der Waals surface area contributed by atoms with Crippen LogP contribution in [-0.4, -0.2) is 26.4 Å². The molecule has 38 heavy (non-hydrogen) atoms. The summed E-state index contributed by atoms with van der Waals surface area (Å²) in [7, 11) is 0. The van der Waals surface area contributed by atoms with Gasteiger partial charge in [-0.3, -0.25) is 0 Å². The summed E-state index contributed by atoms with van der Waals surface area (Å²) in [6.07, 6.45) is 2.85. The maximum Gasteiger partial charge on any atom is 0.122 e. The molecule has 0 amide bonds. The molecule has 0 spiro atoms. The molecule has 0 fully saturated rings. The van der Waals surface area contributed by atoms with Crippen molar-refractivity contribution < 1.29 is 18.9 Å². The summed E-state index contributed by atoms with van der Waals surface area (Å²) in [4.78, 5) is 0. The molecule has 0 saturated heterocycles. The van der Waals surface area contributed by atoms with Gasteiger partial charge in [0.15, 0.2) is 0 Å². The van der Waals surface area contributed by atoms with E-state index in [0.717, 1.165) is 22.6 Å². The zero-order chi connectivity index (χ0) is 26.2. The summed E-state index contributed by atoms with van der Waals surface area (Å²) in [5.41, 5.74) is 4.71. The van der Waals surface area contributed by atoms with Crippen LogP contribution in [0.2, 0.25) is 0 Å². The van der Waals surface area contributed by atoms with Crippen molar-refractivity contribution in [2.24, 2.45) is 0 Å². The molecular formula is C34H30O4. The molecule has 4 nitrogen and oxygen atoms in total. The van der Waals surface area contributed by atoms with Gasteiger partial charge < -0.3 is 18.9 Å². The van der Waals surface area contributed by atoms with Gasteiger partial charge in [-0.25, -0.2) is 0 Å². The Bertz CT molecular complexity index is 1360. The van der Waals surface area contributed by atoms with Gasteiger partial charge in [-0.15, -0.1) is 0 Å². The smallest absolute Gasteiger partial charge is 0.122 e. The lowest BCUT2D eigenvalue weighted by Gasteiger charge is -2.18. The summed E-state index contributed by atoms with van der Waals surface area (Å²) in [5, 5.41) is 4.82. The molecule has 5 aromatic rings. The molecule has 0 N–H and O–H groups in total. The highest BCUT2D eigenvalue weighted by Gasteiger charge is 2.16. The quantitative estimate of drug-likeness (QED) is 0.0975. The van der Waals surface area contributed by atoms with Crippen molar-refractivity contribution in [1.29, 1.82) is 0 Å². The number of benzene rings is 5. The molecule has 5 aromatic carbocycles. The van der Waals surface area contributed by atoms with Crippen molar-refractivity contribution in [3.8, 4) is 33.8 Å². The van der Waals surface area contributed by atoms with E-state index >= 15 is 0 Å². The van der Waals surface area contributed by atoms with E-state index in [2.05, 4.69) is 86.0 Å². The Balaban J connectivity index is 1.55. The van der Waals surface area contributed by atoms with E-state index < -0.39 is 0 Å². The standard InChI is InChI=1S/C34H30O4/c1-3-35-21-23-37-27-17-13-25(14-18-27)33-29-9-5-7-11-31(29)34(32-12-8-6-10-30(32)33)26-15-19-28(20-16-26)38-24-22-36-4-2/h3-20H,1-2,21-24H2. The van der Waals surface area contributed by atoms with Crippen LogP contribution >= 0.6 is 0 Å². The second kappa shape index (κ2) is 12.0. The van der Waals surface area contributed by atoms with Crippen LogP contribution in [0.25, 0.3) is 43.8 Å². The van der Waals surface area contributed by atoms with Gasteiger partial charge >= 0.3 is 0 Å². The van der Waals surface area contributed by atoms with Gasteiger partial charge in [0.25, 0.3) is 0 Å². The fraction of sp³-hybridized carbons (Fsp3) is 0.118. The Morgan fingerprint density at radius 2 is 0.789 bits per heavy atom. The predicted octanol–water partition coefficient (Wildman–Crippen LogP) is 8.40. The number of ether oxygens (including phenoxy) is 4. The molecule has 0 aromatic heterocycles. The van der Waals surface area contributed by atoms with Gasteiger partial charge in [-0.1, -0.05) is 86.0 Å². The van der Waals surface area contributed by atoms with E-state index in [1.165, 1.54) is 45.2 Å². The van der Waals surface area contributed by atoms with Crippen LogP contribution in [0.1, 0.15) is 0 Å². The van der Waals surface area contributed by atoms with E-state index in [-0.39, 0.29) is 0 Å². The molecule has 0 radical (unpaired) electrons. The Kier molecular flexibility index (Phi) is 7.90. The van der Waals surface area contributed by atoms with Crippen LogP contribution in [-0.2, 0) is 9.47 Å². The molecule has 0 aliphatic heterocycles. The van der Waals surface area contributed by atoms with Crippen molar-refractivity contribution in [2.45, 2.75) is 0 Å². The van der Waals surface area contributed by atoms with Crippen molar-refractivity contribution in [2.75, 3.05) is 26.4 Å². The summed E-state index contributed by atoms with van der Waals surface area (Å²) < 4.78 is 21.9. The molecule has 0 aliphatic rings. The lowest BCUT2D eigenvalue weighted by atomic mass is 9.86. The molecule has 5 rings (SSSR count). The molecule has 0 saturated carbocycles. The van der Waals surface area contributed by atoms with Crippen molar-refractivity contribution in [1.82, 2.24) is 0 Å². The highest BCUT2D eigenvalue weighted by Crippen LogP contribution is 2.43. The minimum Gasteiger partial charge on any atom is -0.498 e. The first-order valence-corrected chi connectivity index (χ1v) is 12.6. The minimum atomic E-state index is 0.471. The van der Waals surface area contributed by atoms with Crippen LogP contribution in [0.3, 0.4) is 0 Å². The second-order valence-corrected chi connectivity index (χ2v) is 8.66. The SMILES string of the molecule is C=COCCOc1ccc(-c2c3ccccc3c(-c3ccc(OCCOC=C)cc3)c3ccccc23)cc1. The predicted molar refractivity (Wildman–Crippen MR) is 156 cm³/mol. The average Bonchev–Trinajstić information content (AvgIpc) is 2.97. The number of hydrogen-bond acceptors (Lipinski definition) is 4. The highest BCUT2D eigenvalue weighted by atomic mass is 16.5. The molecule has 0 unspecified atom stereocenters. The first-order chi connectivity index (χ1) is 18.8.